The predicted octanol–water partition coefficient (Wildman–Crippen LogP) is 10.7. The number of benzene rings is 8. The van der Waals surface area contributed by atoms with Crippen LogP contribution in [0.3, 0.4) is 0 Å². The highest BCUT2D eigenvalue weighted by molar-refractivity contribution is 7.01. The van der Waals surface area contributed by atoms with E-state index < -0.39 is 0 Å². The van der Waals surface area contributed by atoms with Crippen LogP contribution in [0.2, 0.25) is 0 Å². The maximum Gasteiger partial charge on any atom is 0.266 e. The number of ether oxygens (including phenoxy) is 2. The fourth-order valence-corrected chi connectivity index (χ4v) is 12.4. The Bertz CT molecular complexity index is 4350. The number of hydrogen-bond donors (Lipinski definition) is 0. The molecule has 0 saturated carbocycles. The third-order valence-electron chi connectivity index (χ3n) is 14.4. The Kier molecular flexibility index (Phi) is 4.17. The molecule has 0 amide bonds. The number of imidazole rings is 1. The minimum Gasteiger partial charge on any atom is -0.458 e. The molecule has 58 heavy (non-hydrogen) atoms. The van der Waals surface area contributed by atoms with Crippen molar-refractivity contribution in [3.05, 3.63) is 139 Å². The average molecular weight is 737 g/mol. The SMILES string of the molecule is Cc1c2ccccc2n2c3c4c5c(c6c7cccc8c9ccccc9n(c87)c63)Oc3c6c(cc7c3c3cccc8c9ccccc9n7c83)Oc3cccc(c3B65)-n4c12. The minimum atomic E-state index is -0.0858. The highest BCUT2D eigenvalue weighted by atomic mass is 16.5. The molecule has 0 aliphatic carbocycles. The third kappa shape index (κ3) is 2.62. The molecule has 8 aromatic carbocycles. The van der Waals surface area contributed by atoms with Gasteiger partial charge in [0.25, 0.3) is 6.71 Å². The van der Waals surface area contributed by atoms with E-state index in [1.165, 1.54) is 115 Å². The molecule has 14 aromatic rings. The Labute approximate surface area is 327 Å². The number of para-hydroxylation sites is 5. The summed E-state index contributed by atoms with van der Waals surface area (Å²) in [5.74, 6) is 3.65. The van der Waals surface area contributed by atoms with Gasteiger partial charge in [0.15, 0.2) is 0 Å². The molecule has 0 radical (unpaired) electrons. The van der Waals surface area contributed by atoms with Gasteiger partial charge < -0.3 is 18.3 Å². The Hall–Kier alpha value is -7.64. The van der Waals surface area contributed by atoms with Crippen LogP contribution in [0.1, 0.15) is 5.56 Å². The van der Waals surface area contributed by atoms with Crippen molar-refractivity contribution < 1.29 is 9.47 Å². The van der Waals surface area contributed by atoms with Gasteiger partial charge in [-0.2, -0.15) is 0 Å². The molecule has 264 valence electrons. The smallest absolute Gasteiger partial charge is 0.266 e. The van der Waals surface area contributed by atoms with Crippen molar-refractivity contribution in [3.63, 3.8) is 0 Å². The summed E-state index contributed by atoms with van der Waals surface area (Å²) in [4.78, 5) is 0. The summed E-state index contributed by atoms with van der Waals surface area (Å²) in [6, 6.07) is 49.1. The Morgan fingerprint density at radius 3 is 1.79 bits per heavy atom. The summed E-state index contributed by atoms with van der Waals surface area (Å²) in [6.45, 7) is 2.20. The molecule has 6 aromatic heterocycles. The third-order valence-corrected chi connectivity index (χ3v) is 14.4. The van der Waals surface area contributed by atoms with Crippen LogP contribution in [0.15, 0.2) is 133 Å². The normalized spacial score (nSPS) is 14.2. The largest absolute Gasteiger partial charge is 0.458 e. The van der Waals surface area contributed by atoms with E-state index in [9.17, 15) is 0 Å². The van der Waals surface area contributed by atoms with Crippen LogP contribution in [-0.4, -0.2) is 24.5 Å². The average Bonchev–Trinajstić information content (AvgIpc) is 4.10. The van der Waals surface area contributed by atoms with E-state index in [1.54, 1.807) is 0 Å². The van der Waals surface area contributed by atoms with Crippen molar-refractivity contribution >= 4 is 127 Å². The number of fused-ring (bicyclic) bond motifs is 21. The molecule has 0 spiro atoms. The van der Waals surface area contributed by atoms with E-state index in [4.69, 9.17) is 9.47 Å². The van der Waals surface area contributed by atoms with Gasteiger partial charge in [-0.3, -0.25) is 8.97 Å². The van der Waals surface area contributed by atoms with E-state index in [0.717, 1.165) is 39.4 Å². The first-order valence-corrected chi connectivity index (χ1v) is 20.2. The van der Waals surface area contributed by atoms with Gasteiger partial charge in [0.1, 0.15) is 28.6 Å². The van der Waals surface area contributed by atoms with Crippen LogP contribution in [-0.2, 0) is 0 Å². The lowest BCUT2D eigenvalue weighted by Gasteiger charge is -2.38. The fourth-order valence-electron chi connectivity index (χ4n) is 12.4. The van der Waals surface area contributed by atoms with Gasteiger partial charge >= 0.3 is 0 Å². The van der Waals surface area contributed by atoms with Gasteiger partial charge in [0, 0.05) is 65.9 Å². The highest BCUT2D eigenvalue weighted by Gasteiger charge is 2.49. The maximum atomic E-state index is 7.80. The summed E-state index contributed by atoms with van der Waals surface area (Å²) in [7, 11) is 0. The van der Waals surface area contributed by atoms with Gasteiger partial charge in [-0.05, 0) is 42.7 Å². The zero-order valence-corrected chi connectivity index (χ0v) is 30.9. The Morgan fingerprint density at radius 2 is 1.02 bits per heavy atom. The lowest BCUT2D eigenvalue weighted by molar-refractivity contribution is 0.470. The van der Waals surface area contributed by atoms with Gasteiger partial charge in [-0.1, -0.05) is 97.1 Å². The molecule has 0 saturated heterocycles. The van der Waals surface area contributed by atoms with E-state index in [1.807, 2.05) is 0 Å². The molecular weight excluding hydrogens is 711 g/mol. The van der Waals surface area contributed by atoms with E-state index in [-0.39, 0.29) is 6.71 Å². The molecule has 3 aliphatic rings. The lowest BCUT2D eigenvalue weighted by atomic mass is 9.33. The molecule has 0 fully saturated rings. The van der Waals surface area contributed by atoms with Crippen LogP contribution in [0.5, 0.6) is 23.0 Å². The number of rotatable bonds is 0. The van der Waals surface area contributed by atoms with Crippen molar-refractivity contribution in [3.8, 4) is 28.7 Å². The zero-order chi connectivity index (χ0) is 37.0. The second kappa shape index (κ2) is 8.68. The van der Waals surface area contributed by atoms with E-state index in [0.29, 0.717) is 0 Å². The van der Waals surface area contributed by atoms with Crippen LogP contribution in [0.4, 0.5) is 0 Å². The van der Waals surface area contributed by atoms with Crippen molar-refractivity contribution in [1.82, 2.24) is 17.8 Å². The summed E-state index contributed by atoms with van der Waals surface area (Å²) in [5.41, 5.74) is 18.0. The number of aromatic nitrogens is 4. The van der Waals surface area contributed by atoms with Gasteiger partial charge in [0.2, 0.25) is 0 Å². The van der Waals surface area contributed by atoms with E-state index in [2.05, 4.69) is 158 Å². The molecule has 0 N–H and O–H groups in total. The molecule has 9 heterocycles. The van der Waals surface area contributed by atoms with Gasteiger partial charge in [-0.25, -0.2) is 0 Å². The quantitative estimate of drug-likeness (QED) is 0.145. The molecule has 6 nitrogen and oxygen atoms in total. The molecular formula is C51H25BN4O2. The first kappa shape index (κ1) is 27.9. The summed E-state index contributed by atoms with van der Waals surface area (Å²) >= 11 is 0. The second-order valence-corrected chi connectivity index (χ2v) is 16.7. The Morgan fingerprint density at radius 1 is 0.414 bits per heavy atom. The molecule has 0 atom stereocenters. The topological polar surface area (TPSA) is 36.6 Å². The Balaban J connectivity index is 1.18. The predicted molar refractivity (Wildman–Crippen MR) is 237 cm³/mol. The fraction of sp³-hybridized carbons (Fsp3) is 0.0196. The number of hydrogen-bond acceptors (Lipinski definition) is 2. The standard InChI is InChI=1S/C51H25BN4O2/c1-24-25-11-2-5-18-32(25)55-48-46-40(31-17-9-15-29-27-13-4-7-20-34(27)54(46)45(29)31)50-43-47(48)56(51(24)55)35-21-10-22-37-41(35)52(43)42-38(57-37)23-36-39(49(42)58-50)30-16-8-14-28-26-12-3-6-19-33(26)53(36)44(28)30/h2-23H,1H3. The van der Waals surface area contributed by atoms with Crippen molar-refractivity contribution in [1.29, 1.82) is 0 Å². The van der Waals surface area contributed by atoms with Crippen LogP contribution < -0.4 is 25.9 Å². The van der Waals surface area contributed by atoms with Gasteiger partial charge in [0.05, 0.1) is 60.4 Å². The lowest BCUT2D eigenvalue weighted by Crippen LogP contribution is -2.60. The molecule has 7 heteroatoms. The monoisotopic (exact) mass is 736 g/mol. The zero-order valence-electron chi connectivity index (χ0n) is 30.9. The first-order valence-electron chi connectivity index (χ1n) is 20.2. The van der Waals surface area contributed by atoms with Crippen LogP contribution in [0.25, 0.3) is 109 Å². The first-order chi connectivity index (χ1) is 28.8. The summed E-state index contributed by atoms with van der Waals surface area (Å²) in [5, 5.41) is 11.0. The van der Waals surface area contributed by atoms with Crippen molar-refractivity contribution in [2.24, 2.45) is 0 Å². The number of nitrogens with zero attached hydrogens (tertiary/aromatic N) is 4. The van der Waals surface area contributed by atoms with E-state index >= 15 is 0 Å². The molecule has 3 aliphatic heterocycles. The summed E-state index contributed by atoms with van der Waals surface area (Å²) < 4.78 is 25.0. The van der Waals surface area contributed by atoms with Crippen LogP contribution in [0, 0.1) is 6.92 Å². The van der Waals surface area contributed by atoms with Crippen molar-refractivity contribution in [2.75, 3.05) is 0 Å². The molecule has 0 bridgehead atoms. The maximum absolute atomic E-state index is 7.80. The van der Waals surface area contributed by atoms with Crippen LogP contribution >= 0.6 is 0 Å². The molecule has 0 unspecified atom stereocenters. The summed E-state index contributed by atoms with van der Waals surface area (Å²) in [6.07, 6.45) is 0. The minimum absolute atomic E-state index is 0.0858. The van der Waals surface area contributed by atoms with Gasteiger partial charge in [-0.15, -0.1) is 0 Å². The molecule has 17 rings (SSSR count). The number of aryl methyl sites for hydroxylation is 1. The van der Waals surface area contributed by atoms with Crippen molar-refractivity contribution in [2.45, 2.75) is 6.92 Å². The highest BCUT2D eigenvalue weighted by Crippen LogP contribution is 2.53. The second-order valence-electron chi connectivity index (χ2n) is 16.7.